The number of rotatable bonds is 10. The van der Waals surface area contributed by atoms with Crippen LogP contribution < -0.4 is 20.7 Å². The smallest absolute Gasteiger partial charge is 0.442 e. The fourth-order valence-corrected chi connectivity index (χ4v) is 4.60. The number of hydrogen-bond donors (Lipinski definition) is 0. The summed E-state index contributed by atoms with van der Waals surface area (Å²) in [5.74, 6) is -0.495. The summed E-state index contributed by atoms with van der Waals surface area (Å²) in [4.78, 5) is 31.2. The van der Waals surface area contributed by atoms with E-state index in [2.05, 4.69) is 9.73 Å². The predicted molar refractivity (Wildman–Crippen MR) is 146 cm³/mol. The molecule has 0 saturated heterocycles. The van der Waals surface area contributed by atoms with Crippen molar-refractivity contribution in [3.63, 3.8) is 0 Å². The maximum atomic E-state index is 13.4. The highest BCUT2D eigenvalue weighted by molar-refractivity contribution is 6.30. The molecule has 0 saturated carbocycles. The molecule has 0 bridgehead atoms. The molecule has 4 rings (SSSR count). The molecule has 1 aliphatic heterocycles. The van der Waals surface area contributed by atoms with Gasteiger partial charge in [0.1, 0.15) is 17.3 Å². The van der Waals surface area contributed by atoms with E-state index < -0.39 is 23.4 Å². The fraction of sp³-hybridized carbons (Fsp3) is 0.393. The second-order valence-electron chi connectivity index (χ2n) is 9.35. The highest BCUT2D eigenvalue weighted by Crippen LogP contribution is 2.31. The quantitative estimate of drug-likeness (QED) is 0.316. The summed E-state index contributed by atoms with van der Waals surface area (Å²) in [5.41, 5.74) is 0.186. The molecule has 13 heteroatoms. The molecule has 220 valence electrons. The predicted octanol–water partition coefficient (Wildman–Crippen LogP) is 4.68. The number of aromatic nitrogens is 2. The van der Waals surface area contributed by atoms with Crippen LogP contribution in [-0.2, 0) is 35.9 Å². The van der Waals surface area contributed by atoms with Gasteiger partial charge in [-0.1, -0.05) is 29.8 Å². The Labute approximate surface area is 238 Å². The van der Waals surface area contributed by atoms with Crippen LogP contribution in [0, 0.1) is 5.92 Å². The number of fused-ring (bicyclic) bond motifs is 1. The number of halogens is 4. The molecule has 2 aromatic carbocycles. The van der Waals surface area contributed by atoms with E-state index in [9.17, 15) is 22.8 Å². The number of ether oxygens (including phenoxy) is 4. The molecule has 0 aliphatic carbocycles. The van der Waals surface area contributed by atoms with Gasteiger partial charge < -0.3 is 18.9 Å². The molecule has 9 nitrogen and oxygen atoms in total. The minimum absolute atomic E-state index is 0.0514. The van der Waals surface area contributed by atoms with Gasteiger partial charge >= 0.3 is 12.1 Å². The molecule has 0 radical (unpaired) electrons. The second-order valence-corrected chi connectivity index (χ2v) is 9.78. The van der Waals surface area contributed by atoms with Crippen molar-refractivity contribution in [3.8, 4) is 11.5 Å². The first-order chi connectivity index (χ1) is 19.6. The van der Waals surface area contributed by atoms with Crippen LogP contribution in [0.1, 0.15) is 17.5 Å². The lowest BCUT2D eigenvalue weighted by Gasteiger charge is -2.19. The van der Waals surface area contributed by atoms with E-state index in [-0.39, 0.29) is 36.5 Å². The molecule has 3 aromatic rings. The topological polar surface area (TPSA) is 93.3 Å². The van der Waals surface area contributed by atoms with Gasteiger partial charge in [-0.25, -0.2) is 4.79 Å². The van der Waals surface area contributed by atoms with Gasteiger partial charge in [0, 0.05) is 31.2 Å². The third kappa shape index (κ3) is 7.99. The summed E-state index contributed by atoms with van der Waals surface area (Å²) in [6.45, 7) is 0.901. The Morgan fingerprint density at radius 3 is 2.49 bits per heavy atom. The molecule has 0 spiro atoms. The second kappa shape index (κ2) is 13.4. The van der Waals surface area contributed by atoms with E-state index in [1.807, 2.05) is 12.1 Å². The number of nitrogens with zero attached hydrogens (tertiary/aromatic N) is 3. The molecule has 1 unspecified atom stereocenters. The molecule has 2 heterocycles. The zero-order valence-corrected chi connectivity index (χ0v) is 23.2. The highest BCUT2D eigenvalue weighted by Gasteiger charge is 2.32. The molecule has 1 atom stereocenters. The highest BCUT2D eigenvalue weighted by atomic mass is 35.5. The Balaban J connectivity index is 1.71. The first-order valence-corrected chi connectivity index (χ1v) is 13.2. The standard InChI is InChI=1S/C28H29ClF3N3O6/c1-34-24-23(26(36)35(27(34)37)12-13-39-15-14-38-2)11-8-19(16-18-6-9-20(29)10-7-18)25(33-24)40-21-4-3-5-22(17-21)41-28(30,31)32/h3-7,9-10,17,19H,8,11-16H2,1-2H3. The number of benzene rings is 2. The van der Waals surface area contributed by atoms with Crippen LogP contribution in [0.2, 0.25) is 5.02 Å². The van der Waals surface area contributed by atoms with Gasteiger partial charge in [0.15, 0.2) is 5.90 Å². The van der Waals surface area contributed by atoms with E-state index in [0.717, 1.165) is 22.3 Å². The Morgan fingerprint density at radius 2 is 1.78 bits per heavy atom. The van der Waals surface area contributed by atoms with Gasteiger partial charge in [0.05, 0.1) is 31.9 Å². The molecule has 0 fully saturated rings. The van der Waals surface area contributed by atoms with Crippen molar-refractivity contribution in [1.82, 2.24) is 9.13 Å². The maximum Gasteiger partial charge on any atom is 0.573 e. The minimum atomic E-state index is -4.87. The van der Waals surface area contributed by atoms with Crippen molar-refractivity contribution >= 4 is 23.3 Å². The average molecular weight is 596 g/mol. The minimum Gasteiger partial charge on any atom is -0.442 e. The van der Waals surface area contributed by atoms with E-state index in [4.69, 9.17) is 25.8 Å². The van der Waals surface area contributed by atoms with Crippen molar-refractivity contribution in [2.45, 2.75) is 32.2 Å². The van der Waals surface area contributed by atoms with Gasteiger partial charge in [-0.2, -0.15) is 4.99 Å². The van der Waals surface area contributed by atoms with E-state index in [1.165, 1.54) is 23.7 Å². The zero-order chi connectivity index (χ0) is 29.6. The summed E-state index contributed by atoms with van der Waals surface area (Å²) in [7, 11) is 3.04. The Bertz CT molecular complexity index is 1500. The first kappa shape index (κ1) is 30.4. The van der Waals surface area contributed by atoms with Crippen molar-refractivity contribution in [1.29, 1.82) is 0 Å². The van der Waals surface area contributed by atoms with Crippen molar-refractivity contribution in [3.05, 3.63) is 85.5 Å². The lowest BCUT2D eigenvalue weighted by molar-refractivity contribution is -0.274. The SMILES string of the molecule is COCCOCCn1c(=O)c2c(n(C)c1=O)N=C(Oc1cccc(OC(F)(F)F)c1)C(Cc1ccc(Cl)cc1)CC2. The number of alkyl halides is 3. The summed E-state index contributed by atoms with van der Waals surface area (Å²) in [6.07, 6.45) is -3.72. The molecular weight excluding hydrogens is 567 g/mol. The van der Waals surface area contributed by atoms with E-state index in [1.54, 1.807) is 19.2 Å². The summed E-state index contributed by atoms with van der Waals surface area (Å²) >= 11 is 6.04. The lowest BCUT2D eigenvalue weighted by Crippen LogP contribution is -2.41. The van der Waals surface area contributed by atoms with Crippen LogP contribution in [-0.4, -0.2) is 48.3 Å². The van der Waals surface area contributed by atoms with Crippen LogP contribution in [0.5, 0.6) is 11.5 Å². The molecular formula is C28H29ClF3N3O6. The number of methoxy groups -OCH3 is 1. The van der Waals surface area contributed by atoms with Crippen molar-refractivity contribution in [2.24, 2.45) is 18.0 Å². The van der Waals surface area contributed by atoms with E-state index in [0.29, 0.717) is 43.1 Å². The van der Waals surface area contributed by atoms with Gasteiger partial charge in [-0.15, -0.1) is 13.2 Å². The van der Waals surface area contributed by atoms with Crippen LogP contribution in [0.25, 0.3) is 0 Å². The fourth-order valence-electron chi connectivity index (χ4n) is 4.47. The molecule has 1 aromatic heterocycles. The average Bonchev–Trinajstić information content (AvgIpc) is 3.09. The third-order valence-corrected chi connectivity index (χ3v) is 6.72. The molecule has 41 heavy (non-hydrogen) atoms. The van der Waals surface area contributed by atoms with Gasteiger partial charge in [0.2, 0.25) is 0 Å². The Hall–Kier alpha value is -3.61. The first-order valence-electron chi connectivity index (χ1n) is 12.8. The molecule has 1 aliphatic rings. The largest absolute Gasteiger partial charge is 0.573 e. The van der Waals surface area contributed by atoms with Crippen LogP contribution in [0.15, 0.2) is 63.1 Å². The van der Waals surface area contributed by atoms with Gasteiger partial charge in [-0.3, -0.25) is 13.9 Å². The monoisotopic (exact) mass is 595 g/mol. The zero-order valence-electron chi connectivity index (χ0n) is 22.4. The van der Waals surface area contributed by atoms with Gasteiger partial charge in [-0.05, 0) is 49.1 Å². The molecule has 0 N–H and O–H groups in total. The lowest BCUT2D eigenvalue weighted by atomic mass is 9.93. The van der Waals surface area contributed by atoms with Gasteiger partial charge in [0.25, 0.3) is 5.56 Å². The summed E-state index contributed by atoms with van der Waals surface area (Å²) < 4.78 is 61.2. The van der Waals surface area contributed by atoms with E-state index >= 15 is 0 Å². The Morgan fingerprint density at radius 1 is 1.05 bits per heavy atom. The number of aliphatic imine (C=N–C) groups is 1. The van der Waals surface area contributed by atoms with Crippen LogP contribution in [0.4, 0.5) is 19.0 Å². The normalized spacial score (nSPS) is 15.2. The maximum absolute atomic E-state index is 13.4. The van der Waals surface area contributed by atoms with Crippen LogP contribution in [0.3, 0.4) is 0 Å². The van der Waals surface area contributed by atoms with Crippen molar-refractivity contribution < 1.29 is 32.1 Å². The van der Waals surface area contributed by atoms with Crippen LogP contribution >= 0.6 is 11.6 Å². The third-order valence-electron chi connectivity index (χ3n) is 6.46. The number of hydrogen-bond acceptors (Lipinski definition) is 7. The molecule has 0 amide bonds. The van der Waals surface area contributed by atoms with Crippen molar-refractivity contribution in [2.75, 3.05) is 26.9 Å². The summed E-state index contributed by atoms with van der Waals surface area (Å²) in [5, 5.41) is 0.565. The Kier molecular flexibility index (Phi) is 9.90. The summed E-state index contributed by atoms with van der Waals surface area (Å²) in [6, 6.07) is 12.3.